The van der Waals surface area contributed by atoms with Crippen LogP contribution in [0.2, 0.25) is 0 Å². The van der Waals surface area contributed by atoms with Crippen molar-refractivity contribution >= 4 is 22.9 Å². The van der Waals surface area contributed by atoms with E-state index in [1.165, 1.54) is 7.05 Å². The van der Waals surface area contributed by atoms with Crippen LogP contribution in [0.1, 0.15) is 53.6 Å². The molecule has 222 valence electrons. The van der Waals surface area contributed by atoms with Crippen LogP contribution in [-0.2, 0) is 6.42 Å². The first kappa shape index (κ1) is 29.6. The first-order chi connectivity index (χ1) is 20.3. The van der Waals surface area contributed by atoms with Gasteiger partial charge >= 0.3 is 6.18 Å². The van der Waals surface area contributed by atoms with Gasteiger partial charge in [-0.15, -0.1) is 0 Å². The fourth-order valence-corrected chi connectivity index (χ4v) is 4.74. The molecule has 0 atom stereocenters. The summed E-state index contributed by atoms with van der Waals surface area (Å²) in [6.45, 7) is 5.55. The van der Waals surface area contributed by atoms with Crippen molar-refractivity contribution in [2.75, 3.05) is 7.05 Å². The third-order valence-electron chi connectivity index (χ3n) is 6.68. The number of alkyl halides is 3. The van der Waals surface area contributed by atoms with Crippen LogP contribution in [0.3, 0.4) is 0 Å². The number of fused-ring (bicyclic) bond motifs is 1. The lowest BCUT2D eigenvalue weighted by molar-refractivity contribution is -0.134. The summed E-state index contributed by atoms with van der Waals surface area (Å²) in [7, 11) is 1.48. The smallest absolute Gasteiger partial charge is 0.389 e. The molecule has 0 bridgehead atoms. The highest BCUT2D eigenvalue weighted by atomic mass is 19.4. The van der Waals surface area contributed by atoms with Crippen molar-refractivity contribution in [1.29, 1.82) is 0 Å². The Hall–Kier alpha value is -4.93. The van der Waals surface area contributed by atoms with E-state index in [0.29, 0.717) is 27.6 Å². The van der Waals surface area contributed by atoms with E-state index in [4.69, 9.17) is 4.42 Å². The average Bonchev–Trinajstić information content (AvgIpc) is 3.62. The summed E-state index contributed by atoms with van der Waals surface area (Å²) < 4.78 is 47.7. The molecule has 43 heavy (non-hydrogen) atoms. The van der Waals surface area contributed by atoms with Crippen LogP contribution in [-0.4, -0.2) is 45.3 Å². The molecule has 2 aromatic carbocycles. The Morgan fingerprint density at radius 3 is 2.33 bits per heavy atom. The number of amides is 2. The first-order valence-electron chi connectivity index (χ1n) is 13.6. The van der Waals surface area contributed by atoms with Crippen LogP contribution < -0.4 is 10.6 Å². The number of aryl methyl sites for hydroxylation is 1. The molecule has 0 saturated heterocycles. The molecule has 0 aliphatic heterocycles. The van der Waals surface area contributed by atoms with E-state index in [1.807, 2.05) is 32.9 Å². The van der Waals surface area contributed by atoms with Crippen molar-refractivity contribution < 1.29 is 27.2 Å². The molecule has 8 nitrogen and oxygen atoms in total. The molecule has 3 heterocycles. The molecule has 5 aromatic rings. The monoisotopic (exact) mass is 589 g/mol. The predicted octanol–water partition coefficient (Wildman–Crippen LogP) is 6.73. The molecule has 0 aliphatic carbocycles. The van der Waals surface area contributed by atoms with Crippen LogP contribution in [0.15, 0.2) is 77.5 Å². The van der Waals surface area contributed by atoms with Crippen molar-refractivity contribution in [2.24, 2.45) is 0 Å². The number of pyridine rings is 1. The van der Waals surface area contributed by atoms with E-state index in [9.17, 15) is 22.8 Å². The van der Waals surface area contributed by atoms with Crippen LogP contribution >= 0.6 is 0 Å². The number of aromatic nitrogens is 3. The Morgan fingerprint density at radius 1 is 0.953 bits per heavy atom. The van der Waals surface area contributed by atoms with Gasteiger partial charge in [-0.3, -0.25) is 9.59 Å². The summed E-state index contributed by atoms with van der Waals surface area (Å²) in [5.74, 6) is -0.541. The van der Waals surface area contributed by atoms with Gasteiger partial charge in [0.2, 0.25) is 5.71 Å². The topological polar surface area (TPSA) is 102 Å². The minimum Gasteiger partial charge on any atom is -0.437 e. The Balaban J connectivity index is 1.67. The molecule has 5 rings (SSSR count). The van der Waals surface area contributed by atoms with E-state index >= 15 is 0 Å². The molecule has 0 saturated carbocycles. The van der Waals surface area contributed by atoms with E-state index in [2.05, 4.69) is 20.7 Å². The maximum atomic E-state index is 13.3. The summed E-state index contributed by atoms with van der Waals surface area (Å²) in [4.78, 5) is 30.6. The largest absolute Gasteiger partial charge is 0.437 e. The van der Waals surface area contributed by atoms with Gasteiger partial charge in [-0.2, -0.15) is 18.3 Å². The van der Waals surface area contributed by atoms with Gasteiger partial charge in [-0.05, 0) is 81.3 Å². The second-order valence-corrected chi connectivity index (χ2v) is 11.1. The number of nitrogens with zero attached hydrogens (tertiary/aromatic N) is 3. The van der Waals surface area contributed by atoms with Crippen molar-refractivity contribution in [3.63, 3.8) is 0 Å². The average molecular weight is 590 g/mol. The number of furan rings is 1. The van der Waals surface area contributed by atoms with E-state index in [1.54, 1.807) is 65.6 Å². The molecule has 0 aliphatic rings. The zero-order valence-electron chi connectivity index (χ0n) is 24.0. The van der Waals surface area contributed by atoms with Gasteiger partial charge in [0.15, 0.2) is 0 Å². The normalized spacial score (nSPS) is 12.0. The standard InChI is InChI=1S/C32H30F3N5O3/c1-31(2,3)39-28(41)21-8-5-7-20(17-21)23-18-24-26(29(42)36-4)27(43-30(24)38-25(23)13-14-32(33,34)35)19-9-11-22(12-10-19)40-16-6-15-37-40/h5-12,15-18H,13-14H2,1-4H3,(H,36,42)(H,39,41). The number of nitrogens with one attached hydrogen (secondary N) is 2. The van der Waals surface area contributed by atoms with E-state index in [0.717, 1.165) is 5.69 Å². The molecule has 0 spiro atoms. The van der Waals surface area contributed by atoms with Crippen LogP contribution in [0.4, 0.5) is 13.2 Å². The van der Waals surface area contributed by atoms with Crippen LogP contribution in [0.5, 0.6) is 0 Å². The van der Waals surface area contributed by atoms with Crippen LogP contribution in [0, 0.1) is 0 Å². The quantitative estimate of drug-likeness (QED) is 0.219. The highest BCUT2D eigenvalue weighted by Crippen LogP contribution is 2.38. The van der Waals surface area contributed by atoms with Gasteiger partial charge in [-0.1, -0.05) is 12.1 Å². The molecule has 0 unspecified atom stereocenters. The zero-order valence-corrected chi connectivity index (χ0v) is 24.0. The summed E-state index contributed by atoms with van der Waals surface area (Å²) in [6, 6.07) is 17.2. The fourth-order valence-electron chi connectivity index (χ4n) is 4.74. The third kappa shape index (κ3) is 6.61. The Bertz CT molecular complexity index is 1780. The minimum absolute atomic E-state index is 0.0345. The SMILES string of the molecule is CNC(=O)c1c(-c2ccc(-n3cccn3)cc2)oc2nc(CCC(F)(F)F)c(-c3cccc(C(=O)NC(C)(C)C)c3)cc12. The molecule has 0 fully saturated rings. The lowest BCUT2D eigenvalue weighted by Gasteiger charge is -2.20. The first-order valence-corrected chi connectivity index (χ1v) is 13.6. The van der Waals surface area contributed by atoms with Crippen molar-refractivity contribution in [1.82, 2.24) is 25.4 Å². The molecular weight excluding hydrogens is 559 g/mol. The fraction of sp³-hybridized carbons (Fsp3) is 0.250. The predicted molar refractivity (Wildman–Crippen MR) is 157 cm³/mol. The van der Waals surface area contributed by atoms with Gasteiger partial charge in [0.05, 0.1) is 22.3 Å². The Morgan fingerprint density at radius 2 is 1.70 bits per heavy atom. The van der Waals surface area contributed by atoms with Crippen molar-refractivity contribution in [3.05, 3.63) is 89.9 Å². The van der Waals surface area contributed by atoms with Gasteiger partial charge in [0, 0.05) is 48.1 Å². The highest BCUT2D eigenvalue weighted by molar-refractivity contribution is 6.11. The Labute approximate surface area is 245 Å². The molecule has 0 radical (unpaired) electrons. The minimum atomic E-state index is -4.42. The van der Waals surface area contributed by atoms with Gasteiger partial charge < -0.3 is 15.1 Å². The van der Waals surface area contributed by atoms with Gasteiger partial charge in [0.1, 0.15) is 5.76 Å². The molecule has 3 aromatic heterocycles. The number of halogens is 3. The van der Waals surface area contributed by atoms with Crippen molar-refractivity contribution in [3.8, 4) is 28.1 Å². The second-order valence-electron chi connectivity index (χ2n) is 11.1. The maximum absolute atomic E-state index is 13.3. The van der Waals surface area contributed by atoms with Crippen molar-refractivity contribution in [2.45, 2.75) is 45.3 Å². The third-order valence-corrected chi connectivity index (χ3v) is 6.68. The lowest BCUT2D eigenvalue weighted by atomic mass is 9.96. The molecule has 2 N–H and O–H groups in total. The summed E-state index contributed by atoms with van der Waals surface area (Å²) in [6.07, 6.45) is -2.49. The number of carbonyl (C=O) groups excluding carboxylic acids is 2. The van der Waals surface area contributed by atoms with Gasteiger partial charge in [0.25, 0.3) is 11.8 Å². The Kier molecular flexibility index (Phi) is 7.83. The maximum Gasteiger partial charge on any atom is 0.389 e. The molecule has 2 amide bonds. The highest BCUT2D eigenvalue weighted by Gasteiger charge is 2.29. The lowest BCUT2D eigenvalue weighted by Crippen LogP contribution is -2.40. The number of hydrogen-bond donors (Lipinski definition) is 2. The van der Waals surface area contributed by atoms with Gasteiger partial charge in [-0.25, -0.2) is 9.67 Å². The molecular formula is C32H30F3N5O3. The summed E-state index contributed by atoms with van der Waals surface area (Å²) in [5, 5.41) is 10.1. The summed E-state index contributed by atoms with van der Waals surface area (Å²) >= 11 is 0. The van der Waals surface area contributed by atoms with Crippen LogP contribution in [0.25, 0.3) is 39.2 Å². The number of carbonyl (C=O) groups is 2. The van der Waals surface area contributed by atoms with E-state index < -0.39 is 30.5 Å². The number of benzene rings is 2. The second kappa shape index (κ2) is 11.4. The number of rotatable bonds is 7. The summed E-state index contributed by atoms with van der Waals surface area (Å²) in [5.41, 5.74) is 2.44. The zero-order chi connectivity index (χ0) is 30.9. The number of hydrogen-bond acceptors (Lipinski definition) is 5. The van der Waals surface area contributed by atoms with E-state index in [-0.39, 0.29) is 28.6 Å². The molecule has 11 heteroatoms.